The Kier molecular flexibility index (Phi) is 5.03. The van der Waals surface area contributed by atoms with Crippen LogP contribution in [0.5, 0.6) is 5.75 Å². The maximum Gasteiger partial charge on any atom is 0.134 e. The SMILES string of the molecule is OCCC1CCCCN1Cc1cccc(Br)c1O. The number of likely N-dealkylation sites (tertiary alicyclic amines) is 1. The first-order chi connectivity index (χ1) is 8.72. The van der Waals surface area contributed by atoms with Gasteiger partial charge in [0.25, 0.3) is 0 Å². The number of aliphatic hydroxyl groups excluding tert-OH is 1. The molecule has 0 saturated carbocycles. The number of phenols is 1. The number of hydrogen-bond donors (Lipinski definition) is 2. The molecule has 1 aliphatic rings. The largest absolute Gasteiger partial charge is 0.506 e. The molecule has 1 aliphatic heterocycles. The van der Waals surface area contributed by atoms with Crippen molar-refractivity contribution in [2.24, 2.45) is 0 Å². The van der Waals surface area contributed by atoms with E-state index in [4.69, 9.17) is 5.11 Å². The molecule has 100 valence electrons. The maximum absolute atomic E-state index is 10.0. The molecule has 2 N–H and O–H groups in total. The Labute approximate surface area is 117 Å². The van der Waals surface area contributed by atoms with Gasteiger partial charge < -0.3 is 10.2 Å². The first kappa shape index (κ1) is 13.8. The molecule has 0 aromatic heterocycles. The molecule has 0 radical (unpaired) electrons. The zero-order valence-corrected chi connectivity index (χ0v) is 12.1. The van der Waals surface area contributed by atoms with E-state index in [2.05, 4.69) is 20.8 Å². The van der Waals surface area contributed by atoms with Gasteiger partial charge in [0.15, 0.2) is 0 Å². The summed E-state index contributed by atoms with van der Waals surface area (Å²) in [5.41, 5.74) is 0.953. The predicted octanol–water partition coefficient (Wildman–Crippen LogP) is 2.89. The number of hydrogen-bond acceptors (Lipinski definition) is 3. The highest BCUT2D eigenvalue weighted by Crippen LogP contribution is 2.30. The van der Waals surface area contributed by atoms with Crippen molar-refractivity contribution >= 4 is 15.9 Å². The Bertz CT molecular complexity index is 395. The zero-order chi connectivity index (χ0) is 13.0. The third kappa shape index (κ3) is 3.25. The molecule has 1 atom stereocenters. The van der Waals surface area contributed by atoms with Gasteiger partial charge in [-0.2, -0.15) is 0 Å². The lowest BCUT2D eigenvalue weighted by Gasteiger charge is -2.35. The van der Waals surface area contributed by atoms with Crippen molar-refractivity contribution in [2.75, 3.05) is 13.2 Å². The Balaban J connectivity index is 2.08. The highest BCUT2D eigenvalue weighted by Gasteiger charge is 2.22. The molecule has 0 aliphatic carbocycles. The van der Waals surface area contributed by atoms with Gasteiger partial charge >= 0.3 is 0 Å². The second-order valence-corrected chi connectivity index (χ2v) is 5.73. The van der Waals surface area contributed by atoms with Crippen LogP contribution in [0.15, 0.2) is 22.7 Å². The summed E-state index contributed by atoms with van der Waals surface area (Å²) in [7, 11) is 0. The highest BCUT2D eigenvalue weighted by molar-refractivity contribution is 9.10. The second kappa shape index (κ2) is 6.55. The van der Waals surface area contributed by atoms with E-state index in [9.17, 15) is 5.11 Å². The fraction of sp³-hybridized carbons (Fsp3) is 0.571. The number of aliphatic hydroxyl groups is 1. The van der Waals surface area contributed by atoms with Crippen LogP contribution in [0, 0.1) is 0 Å². The summed E-state index contributed by atoms with van der Waals surface area (Å²) >= 11 is 3.35. The number of nitrogens with zero attached hydrogens (tertiary/aromatic N) is 1. The average molecular weight is 314 g/mol. The van der Waals surface area contributed by atoms with E-state index in [0.717, 1.165) is 36.0 Å². The van der Waals surface area contributed by atoms with Crippen molar-refractivity contribution in [1.29, 1.82) is 0 Å². The number of rotatable bonds is 4. The van der Waals surface area contributed by atoms with Crippen LogP contribution in [0.1, 0.15) is 31.2 Å². The molecule has 18 heavy (non-hydrogen) atoms. The minimum atomic E-state index is 0.242. The van der Waals surface area contributed by atoms with E-state index >= 15 is 0 Å². The number of phenolic OH excluding ortho intramolecular Hbond substituents is 1. The van der Waals surface area contributed by atoms with Crippen molar-refractivity contribution in [3.8, 4) is 5.75 Å². The molecule has 3 nitrogen and oxygen atoms in total. The number of aromatic hydroxyl groups is 1. The van der Waals surface area contributed by atoms with E-state index in [-0.39, 0.29) is 6.61 Å². The molecule has 1 aromatic carbocycles. The summed E-state index contributed by atoms with van der Waals surface area (Å²) in [6.45, 7) is 2.05. The van der Waals surface area contributed by atoms with Gasteiger partial charge in [-0.3, -0.25) is 4.90 Å². The van der Waals surface area contributed by atoms with Crippen LogP contribution in [-0.4, -0.2) is 34.3 Å². The standard InChI is InChI=1S/C14H20BrNO2/c15-13-6-3-4-11(14(13)18)10-16-8-2-1-5-12(16)7-9-17/h3-4,6,12,17-18H,1-2,5,7-10H2. The Morgan fingerprint density at radius 2 is 2.17 bits per heavy atom. The summed E-state index contributed by atoms with van der Waals surface area (Å²) in [5, 5.41) is 19.1. The van der Waals surface area contributed by atoms with Crippen molar-refractivity contribution < 1.29 is 10.2 Å². The number of piperidine rings is 1. The smallest absolute Gasteiger partial charge is 0.134 e. The Morgan fingerprint density at radius 3 is 2.94 bits per heavy atom. The summed E-state index contributed by atoms with van der Waals surface area (Å²) in [4.78, 5) is 2.38. The molecular weight excluding hydrogens is 294 g/mol. The monoisotopic (exact) mass is 313 g/mol. The molecule has 1 heterocycles. The lowest BCUT2D eigenvalue weighted by Crippen LogP contribution is -2.39. The van der Waals surface area contributed by atoms with Crippen LogP contribution >= 0.6 is 15.9 Å². The lowest BCUT2D eigenvalue weighted by atomic mass is 9.98. The normalized spacial score (nSPS) is 21.1. The van der Waals surface area contributed by atoms with Gasteiger partial charge in [0, 0.05) is 24.8 Å². The number of halogens is 1. The van der Waals surface area contributed by atoms with Crippen LogP contribution in [0.3, 0.4) is 0 Å². The van der Waals surface area contributed by atoms with Crippen LogP contribution in [0.25, 0.3) is 0 Å². The first-order valence-corrected chi connectivity index (χ1v) is 7.33. The maximum atomic E-state index is 10.0. The third-order valence-corrected chi connectivity index (χ3v) is 4.30. The van der Waals surface area contributed by atoms with Crippen LogP contribution in [0.2, 0.25) is 0 Å². The minimum absolute atomic E-state index is 0.242. The van der Waals surface area contributed by atoms with Crippen LogP contribution in [0.4, 0.5) is 0 Å². The minimum Gasteiger partial charge on any atom is -0.506 e. The molecule has 0 spiro atoms. The molecular formula is C14H20BrNO2. The fourth-order valence-corrected chi connectivity index (χ4v) is 3.06. The zero-order valence-electron chi connectivity index (χ0n) is 10.5. The van der Waals surface area contributed by atoms with Gasteiger partial charge in [-0.05, 0) is 47.8 Å². The van der Waals surface area contributed by atoms with E-state index in [1.807, 2.05) is 18.2 Å². The molecule has 1 saturated heterocycles. The Morgan fingerprint density at radius 1 is 1.33 bits per heavy atom. The van der Waals surface area contributed by atoms with Crippen molar-refractivity contribution in [3.63, 3.8) is 0 Å². The topological polar surface area (TPSA) is 43.7 Å². The van der Waals surface area contributed by atoms with E-state index in [1.165, 1.54) is 12.8 Å². The highest BCUT2D eigenvalue weighted by atomic mass is 79.9. The van der Waals surface area contributed by atoms with Gasteiger partial charge in [0.05, 0.1) is 4.47 Å². The quantitative estimate of drug-likeness (QED) is 0.898. The third-order valence-electron chi connectivity index (χ3n) is 3.66. The summed E-state index contributed by atoms with van der Waals surface area (Å²) in [6.07, 6.45) is 4.42. The molecule has 2 rings (SSSR count). The van der Waals surface area contributed by atoms with Crippen LogP contribution < -0.4 is 0 Å². The van der Waals surface area contributed by atoms with Crippen molar-refractivity contribution in [3.05, 3.63) is 28.2 Å². The predicted molar refractivity (Wildman–Crippen MR) is 75.6 cm³/mol. The van der Waals surface area contributed by atoms with Crippen molar-refractivity contribution in [1.82, 2.24) is 4.90 Å². The van der Waals surface area contributed by atoms with Gasteiger partial charge in [-0.25, -0.2) is 0 Å². The van der Waals surface area contributed by atoms with Gasteiger partial charge in [0.1, 0.15) is 5.75 Å². The molecule has 1 fully saturated rings. The molecule has 1 unspecified atom stereocenters. The molecule has 0 bridgehead atoms. The number of para-hydroxylation sites is 1. The van der Waals surface area contributed by atoms with Gasteiger partial charge in [-0.15, -0.1) is 0 Å². The van der Waals surface area contributed by atoms with E-state index in [1.54, 1.807) is 0 Å². The second-order valence-electron chi connectivity index (χ2n) is 4.88. The first-order valence-electron chi connectivity index (χ1n) is 6.53. The molecule has 4 heteroatoms. The summed E-state index contributed by atoms with van der Waals surface area (Å²) < 4.78 is 0.746. The number of benzene rings is 1. The average Bonchev–Trinajstić information content (AvgIpc) is 2.37. The van der Waals surface area contributed by atoms with Crippen LogP contribution in [-0.2, 0) is 6.54 Å². The fourth-order valence-electron chi connectivity index (χ4n) is 2.65. The van der Waals surface area contributed by atoms with E-state index < -0.39 is 0 Å². The van der Waals surface area contributed by atoms with Gasteiger partial charge in [-0.1, -0.05) is 18.6 Å². The van der Waals surface area contributed by atoms with E-state index in [0.29, 0.717) is 11.8 Å². The molecule has 0 amide bonds. The summed E-state index contributed by atoms with van der Waals surface area (Å²) in [6, 6.07) is 6.21. The Hall–Kier alpha value is -0.580. The van der Waals surface area contributed by atoms with Crippen molar-refractivity contribution in [2.45, 2.75) is 38.3 Å². The molecule has 1 aromatic rings. The van der Waals surface area contributed by atoms with Gasteiger partial charge in [0.2, 0.25) is 0 Å². The lowest BCUT2D eigenvalue weighted by molar-refractivity contribution is 0.111. The summed E-state index contributed by atoms with van der Waals surface area (Å²) in [5.74, 6) is 0.339.